The zero-order valence-corrected chi connectivity index (χ0v) is 13.8. The van der Waals surface area contributed by atoms with E-state index in [0.29, 0.717) is 18.7 Å². The molecular weight excluding hydrogens is 353 g/mol. The number of sulfonamides is 1. The maximum atomic E-state index is 12.8. The molecule has 110 valence electrons. The summed E-state index contributed by atoms with van der Waals surface area (Å²) in [4.78, 5) is -0.0322. The fourth-order valence-corrected chi connectivity index (χ4v) is 4.86. The zero-order valence-electron chi connectivity index (χ0n) is 10.7. The van der Waals surface area contributed by atoms with Gasteiger partial charge in [-0.25, -0.2) is 8.42 Å². The van der Waals surface area contributed by atoms with Crippen molar-refractivity contribution >= 4 is 50.5 Å². The van der Waals surface area contributed by atoms with Crippen molar-refractivity contribution < 1.29 is 8.42 Å². The van der Waals surface area contributed by atoms with E-state index < -0.39 is 10.0 Å². The Morgan fingerprint density at radius 1 is 0.952 bits per heavy atom. The van der Waals surface area contributed by atoms with Crippen LogP contribution in [0, 0.1) is 0 Å². The normalized spacial score (nSPS) is 14.3. The molecule has 0 saturated carbocycles. The highest BCUT2D eigenvalue weighted by atomic mass is 35.5. The SMILES string of the molecule is O=S(=O)(c1cc(Cl)c(Cl)cc1Cl)N1CCc2ccccc21. The number of para-hydroxylation sites is 1. The van der Waals surface area contributed by atoms with Crippen LogP contribution in [0.5, 0.6) is 0 Å². The van der Waals surface area contributed by atoms with Gasteiger partial charge < -0.3 is 0 Å². The van der Waals surface area contributed by atoms with Gasteiger partial charge >= 0.3 is 0 Å². The van der Waals surface area contributed by atoms with E-state index in [-0.39, 0.29) is 20.0 Å². The lowest BCUT2D eigenvalue weighted by Gasteiger charge is -2.20. The van der Waals surface area contributed by atoms with Crippen molar-refractivity contribution in [3.63, 3.8) is 0 Å². The quantitative estimate of drug-likeness (QED) is 0.743. The first-order valence-corrected chi connectivity index (χ1v) is 8.74. The fraction of sp³-hybridized carbons (Fsp3) is 0.143. The molecule has 0 aliphatic carbocycles. The Hall–Kier alpha value is -0.940. The van der Waals surface area contributed by atoms with Gasteiger partial charge in [-0.2, -0.15) is 0 Å². The van der Waals surface area contributed by atoms with Crippen LogP contribution in [0.1, 0.15) is 5.56 Å². The van der Waals surface area contributed by atoms with E-state index in [2.05, 4.69) is 0 Å². The standard InChI is InChI=1S/C14H10Cl3NO2S/c15-10-7-12(17)14(8-11(10)16)21(19,20)18-6-5-9-3-1-2-4-13(9)18/h1-4,7-8H,5-6H2. The first kappa shape index (κ1) is 15.0. The second-order valence-electron chi connectivity index (χ2n) is 4.65. The number of halogens is 3. The zero-order chi connectivity index (χ0) is 15.2. The molecule has 2 aromatic rings. The summed E-state index contributed by atoms with van der Waals surface area (Å²) in [6.07, 6.45) is 0.675. The first-order valence-electron chi connectivity index (χ1n) is 6.16. The number of fused-ring (bicyclic) bond motifs is 1. The summed E-state index contributed by atoms with van der Waals surface area (Å²) >= 11 is 17.8. The first-order chi connectivity index (χ1) is 9.91. The summed E-state index contributed by atoms with van der Waals surface area (Å²) in [6, 6.07) is 10.0. The van der Waals surface area contributed by atoms with E-state index in [9.17, 15) is 8.42 Å². The summed E-state index contributed by atoms with van der Waals surface area (Å²) in [5, 5.41) is 0.448. The topological polar surface area (TPSA) is 37.4 Å². The van der Waals surface area contributed by atoms with Gasteiger partial charge in [0.1, 0.15) is 4.90 Å². The molecule has 0 N–H and O–H groups in total. The smallest absolute Gasteiger partial charge is 0.265 e. The minimum Gasteiger partial charge on any atom is -0.266 e. The number of benzene rings is 2. The minimum atomic E-state index is -3.76. The molecule has 0 atom stereocenters. The molecule has 0 unspecified atom stereocenters. The van der Waals surface area contributed by atoms with Crippen LogP contribution < -0.4 is 4.31 Å². The van der Waals surface area contributed by atoms with Gasteiger partial charge in [0, 0.05) is 6.54 Å². The predicted octanol–water partition coefficient (Wildman–Crippen LogP) is 4.40. The van der Waals surface area contributed by atoms with Crippen LogP contribution in [0.4, 0.5) is 5.69 Å². The Balaban J connectivity index is 2.13. The minimum absolute atomic E-state index is 0.0322. The average molecular weight is 363 g/mol. The van der Waals surface area contributed by atoms with E-state index in [1.165, 1.54) is 16.4 Å². The van der Waals surface area contributed by atoms with Crippen LogP contribution in [0.25, 0.3) is 0 Å². The van der Waals surface area contributed by atoms with Crippen LogP contribution in [-0.4, -0.2) is 15.0 Å². The van der Waals surface area contributed by atoms with Crippen molar-refractivity contribution in [2.24, 2.45) is 0 Å². The monoisotopic (exact) mass is 361 g/mol. The fourth-order valence-electron chi connectivity index (χ4n) is 2.38. The summed E-state index contributed by atoms with van der Waals surface area (Å²) in [6.45, 7) is 0.387. The number of anilines is 1. The van der Waals surface area contributed by atoms with Crippen molar-refractivity contribution in [1.29, 1.82) is 0 Å². The highest BCUT2D eigenvalue weighted by Crippen LogP contribution is 2.37. The molecule has 0 fully saturated rings. The molecule has 2 aromatic carbocycles. The largest absolute Gasteiger partial charge is 0.266 e. The van der Waals surface area contributed by atoms with Crippen LogP contribution in [0.15, 0.2) is 41.3 Å². The van der Waals surface area contributed by atoms with Crippen molar-refractivity contribution in [2.75, 3.05) is 10.8 Å². The molecule has 0 amide bonds. The summed E-state index contributed by atoms with van der Waals surface area (Å²) < 4.78 is 27.0. The Morgan fingerprint density at radius 3 is 2.38 bits per heavy atom. The van der Waals surface area contributed by atoms with Gasteiger partial charge in [-0.15, -0.1) is 0 Å². The van der Waals surface area contributed by atoms with Crippen molar-refractivity contribution in [1.82, 2.24) is 0 Å². The van der Waals surface area contributed by atoms with Crippen LogP contribution in [0.3, 0.4) is 0 Å². The number of nitrogens with zero attached hydrogens (tertiary/aromatic N) is 1. The van der Waals surface area contributed by atoms with E-state index >= 15 is 0 Å². The third-order valence-corrected chi connectivity index (χ3v) is 6.39. The molecule has 0 saturated heterocycles. The summed E-state index contributed by atoms with van der Waals surface area (Å²) in [5.74, 6) is 0. The lowest BCUT2D eigenvalue weighted by molar-refractivity contribution is 0.592. The second-order valence-corrected chi connectivity index (χ2v) is 7.70. The Bertz CT molecular complexity index is 821. The molecule has 1 heterocycles. The van der Waals surface area contributed by atoms with Gasteiger partial charge in [-0.05, 0) is 30.2 Å². The number of rotatable bonds is 2. The molecule has 21 heavy (non-hydrogen) atoms. The van der Waals surface area contributed by atoms with E-state index in [4.69, 9.17) is 34.8 Å². The molecule has 7 heteroatoms. The van der Waals surface area contributed by atoms with E-state index in [1.54, 1.807) is 6.07 Å². The van der Waals surface area contributed by atoms with Gasteiger partial charge in [-0.1, -0.05) is 53.0 Å². The van der Waals surface area contributed by atoms with Gasteiger partial charge in [0.2, 0.25) is 0 Å². The predicted molar refractivity (Wildman–Crippen MR) is 86.1 cm³/mol. The van der Waals surface area contributed by atoms with Crippen molar-refractivity contribution in [3.8, 4) is 0 Å². The molecule has 0 radical (unpaired) electrons. The third-order valence-electron chi connectivity index (χ3n) is 3.39. The molecule has 0 aromatic heterocycles. The highest BCUT2D eigenvalue weighted by Gasteiger charge is 2.32. The van der Waals surface area contributed by atoms with E-state index in [1.807, 2.05) is 18.2 Å². The molecule has 3 rings (SSSR count). The lowest BCUT2D eigenvalue weighted by atomic mass is 10.2. The second kappa shape index (κ2) is 5.36. The Labute approximate surface area is 138 Å². The maximum Gasteiger partial charge on any atom is 0.265 e. The molecular formula is C14H10Cl3NO2S. The van der Waals surface area contributed by atoms with Gasteiger partial charge in [0.05, 0.1) is 20.8 Å². The van der Waals surface area contributed by atoms with Crippen LogP contribution >= 0.6 is 34.8 Å². The Morgan fingerprint density at radius 2 is 1.62 bits per heavy atom. The van der Waals surface area contributed by atoms with Gasteiger partial charge in [-0.3, -0.25) is 4.31 Å². The summed E-state index contributed by atoms with van der Waals surface area (Å²) in [7, 11) is -3.76. The maximum absolute atomic E-state index is 12.8. The van der Waals surface area contributed by atoms with Crippen LogP contribution in [0.2, 0.25) is 15.1 Å². The molecule has 0 bridgehead atoms. The molecule has 1 aliphatic rings. The lowest BCUT2D eigenvalue weighted by Crippen LogP contribution is -2.29. The number of hydrogen-bond donors (Lipinski definition) is 0. The third kappa shape index (κ3) is 2.50. The van der Waals surface area contributed by atoms with Gasteiger partial charge in [0.25, 0.3) is 10.0 Å². The van der Waals surface area contributed by atoms with Crippen molar-refractivity contribution in [3.05, 3.63) is 57.0 Å². The Kier molecular flexibility index (Phi) is 3.82. The highest BCUT2D eigenvalue weighted by molar-refractivity contribution is 7.93. The van der Waals surface area contributed by atoms with Gasteiger partial charge in [0.15, 0.2) is 0 Å². The van der Waals surface area contributed by atoms with Crippen molar-refractivity contribution in [2.45, 2.75) is 11.3 Å². The van der Waals surface area contributed by atoms with Crippen LogP contribution in [-0.2, 0) is 16.4 Å². The average Bonchev–Trinajstić information content (AvgIpc) is 2.87. The molecule has 3 nitrogen and oxygen atoms in total. The number of hydrogen-bond acceptors (Lipinski definition) is 2. The molecule has 0 spiro atoms. The molecule has 1 aliphatic heterocycles. The summed E-state index contributed by atoms with van der Waals surface area (Å²) in [5.41, 5.74) is 1.68. The van der Waals surface area contributed by atoms with E-state index in [0.717, 1.165) is 5.56 Å².